The van der Waals surface area contributed by atoms with Crippen molar-refractivity contribution in [2.45, 2.75) is 5.41 Å². The summed E-state index contributed by atoms with van der Waals surface area (Å²) in [5, 5.41) is 0. The van der Waals surface area contributed by atoms with Crippen molar-refractivity contribution in [3.63, 3.8) is 0 Å². The van der Waals surface area contributed by atoms with Crippen LogP contribution in [0.5, 0.6) is 0 Å². The van der Waals surface area contributed by atoms with E-state index in [9.17, 15) is 0 Å². The molecule has 0 saturated carbocycles. The van der Waals surface area contributed by atoms with Crippen molar-refractivity contribution >= 4 is 0 Å². The third kappa shape index (κ3) is 4.14. The normalized spacial score (nSPS) is 13.1. The fraction of sp³-hybridized carbons (Fsp3) is 0.0213. The fourth-order valence-electron chi connectivity index (χ4n) is 8.18. The van der Waals surface area contributed by atoms with Crippen molar-refractivity contribution < 1.29 is 0 Å². The summed E-state index contributed by atoms with van der Waals surface area (Å²) >= 11 is 0. The van der Waals surface area contributed by atoms with Gasteiger partial charge in [0.2, 0.25) is 0 Å². The molecule has 0 N–H and O–H groups in total. The SMILES string of the molecule is c1ccc(-c2cc(-c3ccc(-c4ccc5c(c4)C4(c6ccccc6-c6ccccc64)c4ccccc4-5)cc3)nc(-c3ccccc3)n2)cc1. The van der Waals surface area contributed by atoms with Gasteiger partial charge in [-0.1, -0.05) is 170 Å². The van der Waals surface area contributed by atoms with Gasteiger partial charge >= 0.3 is 0 Å². The zero-order chi connectivity index (χ0) is 32.4. The van der Waals surface area contributed by atoms with Gasteiger partial charge in [-0.25, -0.2) is 9.97 Å². The lowest BCUT2D eigenvalue weighted by Gasteiger charge is -2.30. The molecule has 7 aromatic carbocycles. The van der Waals surface area contributed by atoms with Crippen LogP contribution < -0.4 is 0 Å². The molecule has 0 bridgehead atoms. The minimum absolute atomic E-state index is 0.350. The molecule has 2 heteroatoms. The Hall–Kier alpha value is -6.38. The summed E-state index contributed by atoms with van der Waals surface area (Å²) in [5.41, 5.74) is 17.7. The summed E-state index contributed by atoms with van der Waals surface area (Å²) in [6.07, 6.45) is 0. The molecule has 2 nitrogen and oxygen atoms in total. The Balaban J connectivity index is 1.10. The van der Waals surface area contributed by atoms with E-state index in [1.54, 1.807) is 0 Å². The van der Waals surface area contributed by atoms with Crippen LogP contribution in [-0.2, 0) is 5.41 Å². The average molecular weight is 623 g/mol. The van der Waals surface area contributed by atoms with E-state index >= 15 is 0 Å². The monoisotopic (exact) mass is 622 g/mol. The smallest absolute Gasteiger partial charge is 0.160 e. The highest BCUT2D eigenvalue weighted by Crippen LogP contribution is 2.63. The first-order valence-electron chi connectivity index (χ1n) is 16.8. The molecule has 0 saturated heterocycles. The van der Waals surface area contributed by atoms with E-state index in [2.05, 4.69) is 158 Å². The molecule has 1 spiro atoms. The molecule has 228 valence electrons. The van der Waals surface area contributed by atoms with Gasteiger partial charge in [0.05, 0.1) is 16.8 Å². The highest BCUT2D eigenvalue weighted by atomic mass is 14.9. The first-order chi connectivity index (χ1) is 24.3. The summed E-state index contributed by atoms with van der Waals surface area (Å²) < 4.78 is 0. The van der Waals surface area contributed by atoms with Gasteiger partial charge in [0.25, 0.3) is 0 Å². The van der Waals surface area contributed by atoms with Gasteiger partial charge in [0.1, 0.15) is 0 Å². The molecule has 0 unspecified atom stereocenters. The molecule has 0 aliphatic heterocycles. The molecule has 49 heavy (non-hydrogen) atoms. The van der Waals surface area contributed by atoms with E-state index in [0.29, 0.717) is 0 Å². The van der Waals surface area contributed by atoms with Crippen molar-refractivity contribution in [1.29, 1.82) is 0 Å². The van der Waals surface area contributed by atoms with E-state index in [-0.39, 0.29) is 5.41 Å². The number of fused-ring (bicyclic) bond motifs is 10. The second-order valence-electron chi connectivity index (χ2n) is 12.9. The average Bonchev–Trinajstić information content (AvgIpc) is 3.66. The van der Waals surface area contributed by atoms with Crippen LogP contribution in [0.4, 0.5) is 0 Å². The summed E-state index contributed by atoms with van der Waals surface area (Å²) in [6, 6.07) is 65.5. The van der Waals surface area contributed by atoms with Crippen molar-refractivity contribution in [2.75, 3.05) is 0 Å². The largest absolute Gasteiger partial charge is 0.228 e. The van der Waals surface area contributed by atoms with Gasteiger partial charge < -0.3 is 0 Å². The topological polar surface area (TPSA) is 25.8 Å². The summed E-state index contributed by atoms with van der Waals surface area (Å²) in [5.74, 6) is 0.724. The zero-order valence-corrected chi connectivity index (χ0v) is 26.7. The van der Waals surface area contributed by atoms with Crippen molar-refractivity contribution in [3.8, 4) is 67.3 Å². The molecule has 2 aliphatic carbocycles. The molecular formula is C47H30N2. The summed E-state index contributed by atoms with van der Waals surface area (Å²) in [4.78, 5) is 10.0. The van der Waals surface area contributed by atoms with Crippen LogP contribution in [0.3, 0.4) is 0 Å². The number of hydrogen-bond donors (Lipinski definition) is 0. The molecule has 8 aromatic rings. The number of nitrogens with zero attached hydrogens (tertiary/aromatic N) is 2. The quantitative estimate of drug-likeness (QED) is 0.195. The maximum Gasteiger partial charge on any atom is 0.160 e. The Morgan fingerprint density at radius 2 is 0.694 bits per heavy atom. The maximum atomic E-state index is 5.05. The van der Waals surface area contributed by atoms with Crippen LogP contribution in [0, 0.1) is 0 Å². The lowest BCUT2D eigenvalue weighted by Crippen LogP contribution is -2.25. The zero-order valence-electron chi connectivity index (χ0n) is 26.7. The molecule has 2 aliphatic rings. The second-order valence-corrected chi connectivity index (χ2v) is 12.9. The van der Waals surface area contributed by atoms with Crippen LogP contribution in [0.15, 0.2) is 182 Å². The Morgan fingerprint density at radius 1 is 0.286 bits per heavy atom. The van der Waals surface area contributed by atoms with Crippen LogP contribution in [-0.4, -0.2) is 9.97 Å². The van der Waals surface area contributed by atoms with Gasteiger partial charge in [-0.05, 0) is 67.8 Å². The third-order valence-corrected chi connectivity index (χ3v) is 10.3. The van der Waals surface area contributed by atoms with Gasteiger partial charge in [0.15, 0.2) is 5.82 Å². The second kappa shape index (κ2) is 10.8. The van der Waals surface area contributed by atoms with Gasteiger partial charge in [0, 0.05) is 16.7 Å². The molecule has 0 amide bonds. The van der Waals surface area contributed by atoms with E-state index in [1.165, 1.54) is 55.6 Å². The highest BCUT2D eigenvalue weighted by molar-refractivity contribution is 5.96. The molecule has 0 atom stereocenters. The Bertz CT molecular complexity index is 2410. The van der Waals surface area contributed by atoms with Gasteiger partial charge in [-0.15, -0.1) is 0 Å². The predicted octanol–water partition coefficient (Wildman–Crippen LogP) is 11.5. The minimum Gasteiger partial charge on any atom is -0.228 e. The highest BCUT2D eigenvalue weighted by Gasteiger charge is 2.51. The summed E-state index contributed by atoms with van der Waals surface area (Å²) in [6.45, 7) is 0. The van der Waals surface area contributed by atoms with Crippen LogP contribution in [0.2, 0.25) is 0 Å². The van der Waals surface area contributed by atoms with Crippen molar-refractivity contribution in [2.24, 2.45) is 0 Å². The molecular weight excluding hydrogens is 593 g/mol. The molecule has 0 fully saturated rings. The molecule has 1 aromatic heterocycles. The minimum atomic E-state index is -0.350. The lowest BCUT2D eigenvalue weighted by molar-refractivity contribution is 0.794. The van der Waals surface area contributed by atoms with Gasteiger partial charge in [-0.2, -0.15) is 0 Å². The summed E-state index contributed by atoms with van der Waals surface area (Å²) in [7, 11) is 0. The predicted molar refractivity (Wildman–Crippen MR) is 200 cm³/mol. The number of hydrogen-bond acceptors (Lipinski definition) is 2. The Morgan fingerprint density at radius 3 is 1.24 bits per heavy atom. The molecule has 1 heterocycles. The number of aromatic nitrogens is 2. The molecule has 0 radical (unpaired) electrons. The lowest BCUT2D eigenvalue weighted by atomic mass is 9.70. The number of benzene rings is 7. The van der Waals surface area contributed by atoms with E-state index in [4.69, 9.17) is 9.97 Å². The Labute approximate surface area is 286 Å². The fourth-order valence-corrected chi connectivity index (χ4v) is 8.18. The van der Waals surface area contributed by atoms with Crippen LogP contribution in [0.1, 0.15) is 22.3 Å². The third-order valence-electron chi connectivity index (χ3n) is 10.3. The van der Waals surface area contributed by atoms with E-state index < -0.39 is 0 Å². The number of rotatable bonds is 4. The first-order valence-corrected chi connectivity index (χ1v) is 16.8. The standard InChI is InChI=1S/C47H30N2/c1-3-13-32(14-4-1)44-30-45(49-46(48-44)34-15-5-2-6-16-34)33-25-23-31(24-26-33)35-27-28-39-38-19-9-12-22-42(38)47(43(39)29-35)40-20-10-7-17-36(40)37-18-8-11-21-41(37)47/h1-30H. The van der Waals surface area contributed by atoms with Crippen molar-refractivity contribution in [1.82, 2.24) is 9.97 Å². The van der Waals surface area contributed by atoms with E-state index in [1.807, 2.05) is 24.3 Å². The van der Waals surface area contributed by atoms with Crippen LogP contribution in [0.25, 0.3) is 67.3 Å². The maximum absolute atomic E-state index is 5.05. The Kier molecular flexibility index (Phi) is 6.13. The van der Waals surface area contributed by atoms with Gasteiger partial charge in [-0.3, -0.25) is 0 Å². The first kappa shape index (κ1) is 27.7. The van der Waals surface area contributed by atoms with Crippen LogP contribution >= 0.6 is 0 Å². The molecule has 10 rings (SSSR count). The van der Waals surface area contributed by atoms with Crippen molar-refractivity contribution in [3.05, 3.63) is 204 Å². The van der Waals surface area contributed by atoms with E-state index in [0.717, 1.165) is 33.9 Å².